The molecule has 2 aromatic rings. The molecule has 0 aromatic carbocycles. The van der Waals surface area contributed by atoms with Crippen LogP contribution in [0.15, 0.2) is 12.4 Å². The average molecular weight is 369 g/mol. The maximum absolute atomic E-state index is 12.8. The molecule has 4 rings (SSSR count). The first-order chi connectivity index (χ1) is 13.1. The summed E-state index contributed by atoms with van der Waals surface area (Å²) in [5, 5.41) is 8.92. The Kier molecular flexibility index (Phi) is 5.15. The molecule has 2 aliphatic heterocycles. The van der Waals surface area contributed by atoms with E-state index in [1.165, 1.54) is 12.8 Å². The zero-order valence-corrected chi connectivity index (χ0v) is 16.1. The third kappa shape index (κ3) is 3.85. The first kappa shape index (κ1) is 18.0. The molecule has 0 N–H and O–H groups in total. The largest absolute Gasteiger partial charge is 0.338 e. The minimum absolute atomic E-state index is 0.000779. The number of likely N-dealkylation sites (tertiary alicyclic amines) is 2. The van der Waals surface area contributed by atoms with Crippen LogP contribution in [0.1, 0.15) is 59.4 Å². The second-order valence-electron chi connectivity index (χ2n) is 7.63. The molecule has 0 saturated carbocycles. The molecule has 27 heavy (non-hydrogen) atoms. The number of aromatic nitrogens is 5. The average Bonchev–Trinajstić information content (AvgIpc) is 3.33. The normalized spacial score (nSPS) is 21.0. The lowest BCUT2D eigenvalue weighted by Crippen LogP contribution is -2.39. The molecule has 144 valence electrons. The molecule has 1 atom stereocenters. The van der Waals surface area contributed by atoms with E-state index in [1.54, 1.807) is 12.4 Å². The number of nitrogens with zero attached hydrogens (tertiary/aromatic N) is 7. The van der Waals surface area contributed by atoms with Gasteiger partial charge in [-0.3, -0.25) is 9.69 Å². The van der Waals surface area contributed by atoms with Crippen LogP contribution in [0, 0.1) is 6.92 Å². The van der Waals surface area contributed by atoms with Crippen molar-refractivity contribution < 1.29 is 4.79 Å². The lowest BCUT2D eigenvalue weighted by Gasteiger charge is -2.32. The SMILES string of the molecule is Cc1ncc(C(=O)N2CCC[C@@H](c3nnc(CN4CCCC4)n3C)C2)cn1. The molecule has 2 aromatic heterocycles. The summed E-state index contributed by atoms with van der Waals surface area (Å²) in [5.41, 5.74) is 0.550. The molecular weight excluding hydrogens is 342 g/mol. The minimum Gasteiger partial charge on any atom is -0.338 e. The Labute approximate surface area is 159 Å². The second-order valence-corrected chi connectivity index (χ2v) is 7.63. The van der Waals surface area contributed by atoms with E-state index in [2.05, 4.69) is 36.7 Å². The van der Waals surface area contributed by atoms with Gasteiger partial charge in [0.05, 0.1) is 12.1 Å². The van der Waals surface area contributed by atoms with Crippen LogP contribution in [0.25, 0.3) is 0 Å². The van der Waals surface area contributed by atoms with E-state index in [1.807, 2.05) is 11.8 Å². The highest BCUT2D eigenvalue weighted by atomic mass is 16.2. The Balaban J connectivity index is 1.45. The fraction of sp³-hybridized carbons (Fsp3) is 0.632. The Morgan fingerprint density at radius 1 is 1.11 bits per heavy atom. The Morgan fingerprint density at radius 3 is 2.59 bits per heavy atom. The topological polar surface area (TPSA) is 80.0 Å². The van der Waals surface area contributed by atoms with Crippen molar-refractivity contribution >= 4 is 5.91 Å². The van der Waals surface area contributed by atoms with Gasteiger partial charge in [0.25, 0.3) is 5.91 Å². The van der Waals surface area contributed by atoms with Crippen molar-refractivity contribution in [2.75, 3.05) is 26.2 Å². The van der Waals surface area contributed by atoms with Crippen molar-refractivity contribution in [1.29, 1.82) is 0 Å². The maximum Gasteiger partial charge on any atom is 0.257 e. The first-order valence-electron chi connectivity index (χ1n) is 9.80. The molecule has 8 nitrogen and oxygen atoms in total. The number of aryl methyl sites for hydroxylation is 1. The highest BCUT2D eigenvalue weighted by Crippen LogP contribution is 2.27. The van der Waals surface area contributed by atoms with Crippen molar-refractivity contribution in [1.82, 2.24) is 34.5 Å². The zero-order chi connectivity index (χ0) is 18.8. The number of hydrogen-bond acceptors (Lipinski definition) is 6. The van der Waals surface area contributed by atoms with E-state index in [0.29, 0.717) is 17.9 Å². The molecule has 0 bridgehead atoms. The van der Waals surface area contributed by atoms with Crippen molar-refractivity contribution in [3.05, 3.63) is 35.4 Å². The van der Waals surface area contributed by atoms with Gasteiger partial charge < -0.3 is 9.47 Å². The van der Waals surface area contributed by atoms with Crippen LogP contribution >= 0.6 is 0 Å². The van der Waals surface area contributed by atoms with Gasteiger partial charge in [-0.2, -0.15) is 0 Å². The summed E-state index contributed by atoms with van der Waals surface area (Å²) in [5.74, 6) is 2.90. The third-order valence-corrected chi connectivity index (χ3v) is 5.66. The molecule has 0 spiro atoms. The fourth-order valence-corrected chi connectivity index (χ4v) is 4.07. The number of carbonyl (C=O) groups is 1. The van der Waals surface area contributed by atoms with Crippen molar-refractivity contribution in [2.45, 2.75) is 45.1 Å². The summed E-state index contributed by atoms with van der Waals surface area (Å²) >= 11 is 0. The van der Waals surface area contributed by atoms with E-state index < -0.39 is 0 Å². The molecule has 2 fully saturated rings. The summed E-state index contributed by atoms with van der Waals surface area (Å²) < 4.78 is 2.13. The fourth-order valence-electron chi connectivity index (χ4n) is 4.07. The van der Waals surface area contributed by atoms with Crippen LogP contribution in [0.5, 0.6) is 0 Å². The van der Waals surface area contributed by atoms with Gasteiger partial charge in [-0.1, -0.05) is 0 Å². The Morgan fingerprint density at radius 2 is 1.85 bits per heavy atom. The molecule has 0 radical (unpaired) electrons. The number of piperidine rings is 1. The highest BCUT2D eigenvalue weighted by Gasteiger charge is 2.29. The standard InChI is InChI=1S/C19H27N7O/c1-14-20-10-16(11-21-14)19(27)26-9-5-6-15(12-26)18-23-22-17(24(18)2)13-25-7-3-4-8-25/h10-11,15H,3-9,12-13H2,1-2H3/t15-/m1/s1. The van der Waals surface area contributed by atoms with E-state index in [0.717, 1.165) is 50.7 Å². The summed E-state index contributed by atoms with van der Waals surface area (Å²) in [7, 11) is 2.05. The summed E-state index contributed by atoms with van der Waals surface area (Å²) in [4.78, 5) is 25.4. The van der Waals surface area contributed by atoms with Gasteiger partial charge in [-0.05, 0) is 45.7 Å². The van der Waals surface area contributed by atoms with Crippen LogP contribution < -0.4 is 0 Å². The van der Waals surface area contributed by atoms with Gasteiger partial charge in [0.1, 0.15) is 17.5 Å². The van der Waals surface area contributed by atoms with Gasteiger partial charge in [-0.25, -0.2) is 9.97 Å². The van der Waals surface area contributed by atoms with Gasteiger partial charge in [0.2, 0.25) is 0 Å². The number of carbonyl (C=O) groups excluding carboxylic acids is 1. The predicted molar refractivity (Wildman–Crippen MR) is 100 cm³/mol. The number of amides is 1. The van der Waals surface area contributed by atoms with Crippen LogP contribution in [-0.4, -0.2) is 66.6 Å². The first-order valence-corrected chi connectivity index (χ1v) is 9.80. The van der Waals surface area contributed by atoms with Crippen LogP contribution in [0.3, 0.4) is 0 Å². The van der Waals surface area contributed by atoms with Gasteiger partial charge in [0.15, 0.2) is 0 Å². The van der Waals surface area contributed by atoms with Crippen LogP contribution in [0.4, 0.5) is 0 Å². The molecule has 1 amide bonds. The van der Waals surface area contributed by atoms with Crippen molar-refractivity contribution in [3.8, 4) is 0 Å². The summed E-state index contributed by atoms with van der Waals surface area (Å²) in [6.45, 7) is 6.40. The molecule has 8 heteroatoms. The molecule has 2 aliphatic rings. The predicted octanol–water partition coefficient (Wildman–Crippen LogP) is 1.53. The quantitative estimate of drug-likeness (QED) is 0.813. The minimum atomic E-state index is -0.000779. The van der Waals surface area contributed by atoms with E-state index in [-0.39, 0.29) is 11.8 Å². The molecular formula is C19H27N7O. The molecule has 2 saturated heterocycles. The summed E-state index contributed by atoms with van der Waals surface area (Å²) in [6.07, 6.45) is 7.77. The maximum atomic E-state index is 12.8. The van der Waals surface area contributed by atoms with Gasteiger partial charge in [-0.15, -0.1) is 10.2 Å². The molecule has 0 unspecified atom stereocenters. The van der Waals surface area contributed by atoms with Crippen LogP contribution in [0.2, 0.25) is 0 Å². The highest BCUT2D eigenvalue weighted by molar-refractivity contribution is 5.93. The van der Waals surface area contributed by atoms with Gasteiger partial charge in [0, 0.05) is 38.4 Å². The van der Waals surface area contributed by atoms with Crippen LogP contribution in [-0.2, 0) is 13.6 Å². The van der Waals surface area contributed by atoms with Crippen molar-refractivity contribution in [3.63, 3.8) is 0 Å². The smallest absolute Gasteiger partial charge is 0.257 e. The number of rotatable bonds is 4. The Hall–Kier alpha value is -2.35. The monoisotopic (exact) mass is 369 g/mol. The molecule has 4 heterocycles. The summed E-state index contributed by atoms with van der Waals surface area (Å²) in [6, 6.07) is 0. The van der Waals surface area contributed by atoms with Crippen molar-refractivity contribution in [2.24, 2.45) is 7.05 Å². The number of hydrogen-bond donors (Lipinski definition) is 0. The van der Waals surface area contributed by atoms with E-state index in [9.17, 15) is 4.79 Å². The lowest BCUT2D eigenvalue weighted by atomic mass is 9.96. The Bertz CT molecular complexity index is 795. The van der Waals surface area contributed by atoms with Gasteiger partial charge >= 0.3 is 0 Å². The van der Waals surface area contributed by atoms with E-state index in [4.69, 9.17) is 0 Å². The second kappa shape index (κ2) is 7.72. The lowest BCUT2D eigenvalue weighted by molar-refractivity contribution is 0.0702. The zero-order valence-electron chi connectivity index (χ0n) is 16.1. The molecule has 0 aliphatic carbocycles. The third-order valence-electron chi connectivity index (χ3n) is 5.66. The van der Waals surface area contributed by atoms with E-state index >= 15 is 0 Å².